The maximum absolute atomic E-state index is 11.6. The third-order valence-electron chi connectivity index (χ3n) is 3.04. The summed E-state index contributed by atoms with van der Waals surface area (Å²) in [6, 6.07) is 5.59. The van der Waals surface area contributed by atoms with Crippen molar-refractivity contribution in [2.24, 2.45) is 0 Å². The molecule has 0 bridgehead atoms. The van der Waals surface area contributed by atoms with E-state index in [-0.39, 0.29) is 12.1 Å². The van der Waals surface area contributed by atoms with Crippen LogP contribution < -0.4 is 20.1 Å². The minimum absolute atomic E-state index is 0.00328. The molecule has 2 rings (SSSR count). The number of benzene rings is 1. The molecule has 5 nitrogen and oxygen atoms in total. The summed E-state index contributed by atoms with van der Waals surface area (Å²) in [4.78, 5) is 11.6. The Morgan fingerprint density at radius 1 is 1.53 bits per heavy atom. The van der Waals surface area contributed by atoms with Crippen molar-refractivity contribution in [3.05, 3.63) is 23.8 Å². The zero-order chi connectivity index (χ0) is 13.7. The van der Waals surface area contributed by atoms with Gasteiger partial charge in [-0.05, 0) is 36.6 Å². The minimum Gasteiger partial charge on any atom is -0.497 e. The second-order valence-corrected chi connectivity index (χ2v) is 4.59. The lowest BCUT2D eigenvalue weighted by atomic mass is 10.0. The summed E-state index contributed by atoms with van der Waals surface area (Å²) in [5.74, 6) is 1.67. The largest absolute Gasteiger partial charge is 0.497 e. The average molecular weight is 264 g/mol. The molecule has 1 aromatic carbocycles. The molecule has 19 heavy (non-hydrogen) atoms. The molecule has 5 heteroatoms. The highest BCUT2D eigenvalue weighted by Crippen LogP contribution is 2.28. The van der Waals surface area contributed by atoms with Crippen LogP contribution in [0.5, 0.6) is 11.5 Å². The molecule has 1 heterocycles. The van der Waals surface area contributed by atoms with E-state index >= 15 is 0 Å². The van der Waals surface area contributed by atoms with E-state index in [1.807, 2.05) is 25.1 Å². The van der Waals surface area contributed by atoms with Crippen molar-refractivity contribution >= 4 is 6.03 Å². The Balaban J connectivity index is 1.95. The number of ether oxygens (including phenoxy) is 2. The zero-order valence-electron chi connectivity index (χ0n) is 11.4. The lowest BCUT2D eigenvalue weighted by molar-refractivity contribution is 0.214. The lowest BCUT2D eigenvalue weighted by Gasteiger charge is -2.26. The van der Waals surface area contributed by atoms with Gasteiger partial charge in [-0.3, -0.25) is 0 Å². The van der Waals surface area contributed by atoms with Crippen LogP contribution in [-0.4, -0.2) is 32.3 Å². The standard InChI is InChI=1S/C14H20N2O3/c1-3-6-15-14(17)16-11-7-10-8-12(18-2)4-5-13(10)19-9-11/h4-5,8,11H,3,6-7,9H2,1-2H3,(H2,15,16,17)/t11-/m0/s1. The minimum atomic E-state index is -0.137. The molecule has 0 aliphatic carbocycles. The van der Waals surface area contributed by atoms with Crippen LogP contribution in [-0.2, 0) is 6.42 Å². The first-order valence-electron chi connectivity index (χ1n) is 6.57. The number of hydrogen-bond donors (Lipinski definition) is 2. The molecule has 0 radical (unpaired) electrons. The Morgan fingerprint density at radius 2 is 2.37 bits per heavy atom. The third-order valence-corrected chi connectivity index (χ3v) is 3.04. The van der Waals surface area contributed by atoms with Crippen molar-refractivity contribution in [2.45, 2.75) is 25.8 Å². The first-order chi connectivity index (χ1) is 9.22. The molecule has 0 fully saturated rings. The molecular formula is C14H20N2O3. The number of nitrogens with one attached hydrogen (secondary N) is 2. The number of amides is 2. The Labute approximate surface area is 113 Å². The number of urea groups is 1. The molecular weight excluding hydrogens is 244 g/mol. The smallest absolute Gasteiger partial charge is 0.315 e. The summed E-state index contributed by atoms with van der Waals surface area (Å²) in [5, 5.41) is 5.71. The van der Waals surface area contributed by atoms with E-state index in [1.165, 1.54) is 0 Å². The highest BCUT2D eigenvalue weighted by Gasteiger charge is 2.21. The van der Waals surface area contributed by atoms with Crippen molar-refractivity contribution in [3.8, 4) is 11.5 Å². The Morgan fingerprint density at radius 3 is 3.11 bits per heavy atom. The Hall–Kier alpha value is -1.91. The van der Waals surface area contributed by atoms with Crippen molar-refractivity contribution in [2.75, 3.05) is 20.3 Å². The lowest BCUT2D eigenvalue weighted by Crippen LogP contribution is -2.47. The number of carbonyl (C=O) groups excluding carboxylic acids is 1. The topological polar surface area (TPSA) is 59.6 Å². The van der Waals surface area contributed by atoms with Crippen LogP contribution in [0.2, 0.25) is 0 Å². The third kappa shape index (κ3) is 3.53. The van der Waals surface area contributed by atoms with Gasteiger partial charge in [0.25, 0.3) is 0 Å². The molecule has 0 aromatic heterocycles. The van der Waals surface area contributed by atoms with Gasteiger partial charge in [0, 0.05) is 6.54 Å². The highest BCUT2D eigenvalue weighted by molar-refractivity contribution is 5.74. The van der Waals surface area contributed by atoms with Gasteiger partial charge in [-0.2, -0.15) is 0 Å². The van der Waals surface area contributed by atoms with Crippen LogP contribution in [0.3, 0.4) is 0 Å². The van der Waals surface area contributed by atoms with Gasteiger partial charge in [0.15, 0.2) is 0 Å². The van der Waals surface area contributed by atoms with Crippen molar-refractivity contribution in [3.63, 3.8) is 0 Å². The first kappa shape index (κ1) is 13.5. The normalized spacial score (nSPS) is 17.1. The SMILES string of the molecule is CCCNC(=O)N[C@@H]1COc2ccc(OC)cc2C1. The molecule has 0 spiro atoms. The summed E-state index contributed by atoms with van der Waals surface area (Å²) in [6.07, 6.45) is 1.68. The summed E-state index contributed by atoms with van der Waals surface area (Å²) >= 11 is 0. The first-order valence-corrected chi connectivity index (χ1v) is 6.57. The van der Waals surface area contributed by atoms with E-state index < -0.39 is 0 Å². The van der Waals surface area contributed by atoms with Crippen molar-refractivity contribution in [1.29, 1.82) is 0 Å². The fourth-order valence-electron chi connectivity index (χ4n) is 2.07. The summed E-state index contributed by atoms with van der Waals surface area (Å²) in [6.45, 7) is 3.20. The number of fused-ring (bicyclic) bond motifs is 1. The van der Waals surface area contributed by atoms with Gasteiger partial charge in [-0.1, -0.05) is 6.92 Å². The highest BCUT2D eigenvalue weighted by atomic mass is 16.5. The molecule has 1 atom stereocenters. The van der Waals surface area contributed by atoms with Gasteiger partial charge < -0.3 is 20.1 Å². The predicted molar refractivity (Wildman–Crippen MR) is 72.8 cm³/mol. The summed E-state index contributed by atoms with van der Waals surface area (Å²) in [5.41, 5.74) is 1.06. The second kappa shape index (κ2) is 6.31. The van der Waals surface area contributed by atoms with Gasteiger partial charge in [0.1, 0.15) is 18.1 Å². The van der Waals surface area contributed by atoms with E-state index in [9.17, 15) is 4.79 Å². The molecule has 1 aliphatic rings. The van der Waals surface area contributed by atoms with Gasteiger partial charge in [-0.25, -0.2) is 4.79 Å². The molecule has 1 aromatic rings. The zero-order valence-corrected chi connectivity index (χ0v) is 11.4. The number of methoxy groups -OCH3 is 1. The van der Waals surface area contributed by atoms with E-state index in [1.54, 1.807) is 7.11 Å². The fraction of sp³-hybridized carbons (Fsp3) is 0.500. The van der Waals surface area contributed by atoms with Crippen LogP contribution in [0.15, 0.2) is 18.2 Å². The number of rotatable bonds is 4. The number of carbonyl (C=O) groups is 1. The molecule has 0 saturated carbocycles. The van der Waals surface area contributed by atoms with Crippen LogP contribution in [0.25, 0.3) is 0 Å². The van der Waals surface area contributed by atoms with E-state index in [4.69, 9.17) is 9.47 Å². The molecule has 2 N–H and O–H groups in total. The van der Waals surface area contributed by atoms with Gasteiger partial charge in [0.2, 0.25) is 0 Å². The van der Waals surface area contributed by atoms with Crippen LogP contribution in [0, 0.1) is 0 Å². The van der Waals surface area contributed by atoms with Crippen molar-refractivity contribution in [1.82, 2.24) is 10.6 Å². The van der Waals surface area contributed by atoms with Gasteiger partial charge in [0.05, 0.1) is 13.2 Å². The van der Waals surface area contributed by atoms with E-state index in [0.29, 0.717) is 13.2 Å². The molecule has 0 saturated heterocycles. The van der Waals surface area contributed by atoms with E-state index in [2.05, 4.69) is 10.6 Å². The second-order valence-electron chi connectivity index (χ2n) is 4.59. The van der Waals surface area contributed by atoms with Crippen LogP contribution in [0.4, 0.5) is 4.79 Å². The van der Waals surface area contributed by atoms with Crippen molar-refractivity contribution < 1.29 is 14.3 Å². The Bertz CT molecular complexity index is 448. The average Bonchev–Trinajstić information content (AvgIpc) is 2.44. The molecule has 104 valence electrons. The maximum atomic E-state index is 11.6. The predicted octanol–water partition coefficient (Wildman–Crippen LogP) is 1.71. The monoisotopic (exact) mass is 264 g/mol. The summed E-state index contributed by atoms with van der Waals surface area (Å²) in [7, 11) is 1.64. The fourth-order valence-corrected chi connectivity index (χ4v) is 2.07. The molecule has 1 aliphatic heterocycles. The van der Waals surface area contributed by atoms with Gasteiger partial charge in [-0.15, -0.1) is 0 Å². The van der Waals surface area contributed by atoms with Gasteiger partial charge >= 0.3 is 6.03 Å². The maximum Gasteiger partial charge on any atom is 0.315 e. The van der Waals surface area contributed by atoms with Crippen LogP contribution >= 0.6 is 0 Å². The number of hydrogen-bond acceptors (Lipinski definition) is 3. The van der Waals surface area contributed by atoms with E-state index in [0.717, 1.165) is 29.9 Å². The Kier molecular flexibility index (Phi) is 4.49. The van der Waals surface area contributed by atoms with Crippen LogP contribution in [0.1, 0.15) is 18.9 Å². The quantitative estimate of drug-likeness (QED) is 0.870. The molecule has 2 amide bonds. The summed E-state index contributed by atoms with van der Waals surface area (Å²) < 4.78 is 10.8. The molecule has 0 unspecified atom stereocenters.